The summed E-state index contributed by atoms with van der Waals surface area (Å²) in [5.41, 5.74) is 3.25. The number of rotatable bonds is 11. The molecule has 0 aliphatic carbocycles. The molecule has 0 fully saturated rings. The van der Waals surface area contributed by atoms with Crippen molar-refractivity contribution in [1.29, 1.82) is 0 Å². The first-order valence-electron chi connectivity index (χ1n) is 11.1. The second kappa shape index (κ2) is 13.5. The van der Waals surface area contributed by atoms with Crippen LogP contribution in [-0.4, -0.2) is 61.3 Å². The molecule has 3 N–H and O–H groups in total. The molecule has 1 aromatic carbocycles. The van der Waals surface area contributed by atoms with Gasteiger partial charge in [0.05, 0.1) is 19.4 Å². The summed E-state index contributed by atoms with van der Waals surface area (Å²) in [6.45, 7) is 5.36. The Hall–Kier alpha value is -3.37. The summed E-state index contributed by atoms with van der Waals surface area (Å²) in [6.07, 6.45) is 3.32. The Morgan fingerprint density at radius 1 is 1.03 bits per heavy atom. The second-order valence-electron chi connectivity index (χ2n) is 8.04. The summed E-state index contributed by atoms with van der Waals surface area (Å²) in [5.74, 6) is 2.15. The molecule has 2 heterocycles. The lowest BCUT2D eigenvalue weighted by molar-refractivity contribution is 0.0962. The van der Waals surface area contributed by atoms with Gasteiger partial charge in [0, 0.05) is 56.1 Å². The predicted molar refractivity (Wildman–Crippen MR) is 144 cm³/mol. The largest absolute Gasteiger partial charge is 0.496 e. The van der Waals surface area contributed by atoms with Gasteiger partial charge in [0.25, 0.3) is 5.91 Å². The van der Waals surface area contributed by atoms with Crippen molar-refractivity contribution >= 4 is 31.0 Å². The normalized spacial score (nSPS) is 12.1. The van der Waals surface area contributed by atoms with Crippen molar-refractivity contribution in [2.24, 2.45) is 0 Å². The van der Waals surface area contributed by atoms with Gasteiger partial charge in [0.1, 0.15) is 23.7 Å². The number of nitrogens with zero attached hydrogens (tertiary/aromatic N) is 3. The molecule has 0 unspecified atom stereocenters. The molecule has 3 aromatic rings. The molecule has 1 amide bonds. The fraction of sp³-hybridized carbons (Fsp3) is 0.360. The zero-order valence-electron chi connectivity index (χ0n) is 20.8. The van der Waals surface area contributed by atoms with Gasteiger partial charge in [-0.15, -0.1) is 0 Å². The van der Waals surface area contributed by atoms with Gasteiger partial charge in [-0.1, -0.05) is 13.0 Å². The van der Waals surface area contributed by atoms with Crippen LogP contribution >= 0.6 is 13.5 Å². The molecular weight excluding hydrogens is 464 g/mol. The number of pyridine rings is 1. The van der Waals surface area contributed by atoms with E-state index in [1.54, 1.807) is 39.6 Å². The van der Waals surface area contributed by atoms with E-state index in [2.05, 4.69) is 37.8 Å². The van der Waals surface area contributed by atoms with E-state index in [-0.39, 0.29) is 31.4 Å². The molecule has 0 aliphatic heterocycles. The number of amides is 1. The minimum atomic E-state index is -0.146. The minimum absolute atomic E-state index is 0. The molecule has 0 saturated carbocycles. The maximum Gasteiger partial charge on any atom is 0.251 e. The molecule has 35 heavy (non-hydrogen) atoms. The highest BCUT2D eigenvalue weighted by molar-refractivity contribution is 7.59. The smallest absolute Gasteiger partial charge is 0.251 e. The lowest BCUT2D eigenvalue weighted by Crippen LogP contribution is -2.21. The number of ether oxygens (including phenoxy) is 2. The standard InChI is InChI=1S/C25H32N6O3.H2S/c1-16(20-8-6-18(25(32)26-3)10-22(20)34-5)12-27-24-11-21(29-15-30-24)19-7-9-23(28-13-19)31-17(2)14-33-4;/h6-11,13,15-17H,12,14H2,1-5H3,(H,26,32)(H,28,31)(H,27,29,30);1H2/t16-,17+;/m1./s1. The Labute approximate surface area is 213 Å². The van der Waals surface area contributed by atoms with Crippen molar-refractivity contribution in [3.63, 3.8) is 0 Å². The van der Waals surface area contributed by atoms with E-state index < -0.39 is 0 Å². The Morgan fingerprint density at radius 2 is 1.83 bits per heavy atom. The van der Waals surface area contributed by atoms with Gasteiger partial charge < -0.3 is 25.4 Å². The third-order valence-electron chi connectivity index (χ3n) is 5.38. The number of hydrogen-bond donors (Lipinski definition) is 3. The van der Waals surface area contributed by atoms with Crippen LogP contribution in [-0.2, 0) is 4.74 Å². The highest BCUT2D eigenvalue weighted by Crippen LogP contribution is 2.28. The Morgan fingerprint density at radius 3 is 2.49 bits per heavy atom. The first-order valence-corrected chi connectivity index (χ1v) is 11.1. The lowest BCUT2D eigenvalue weighted by atomic mass is 9.98. The molecule has 0 spiro atoms. The summed E-state index contributed by atoms with van der Waals surface area (Å²) >= 11 is 0. The molecule has 10 heteroatoms. The van der Waals surface area contributed by atoms with E-state index in [0.717, 1.165) is 22.6 Å². The van der Waals surface area contributed by atoms with E-state index >= 15 is 0 Å². The Bertz CT molecular complexity index is 1100. The van der Waals surface area contributed by atoms with Gasteiger partial charge >= 0.3 is 0 Å². The first-order chi connectivity index (χ1) is 16.4. The van der Waals surface area contributed by atoms with Crippen molar-refractivity contribution in [2.75, 3.05) is 45.1 Å². The number of anilines is 2. The average molecular weight is 499 g/mol. The highest BCUT2D eigenvalue weighted by Gasteiger charge is 2.15. The van der Waals surface area contributed by atoms with Crippen LogP contribution in [0.15, 0.2) is 48.9 Å². The molecule has 2 aromatic heterocycles. The third-order valence-corrected chi connectivity index (χ3v) is 5.38. The fourth-order valence-corrected chi connectivity index (χ4v) is 3.56. The highest BCUT2D eigenvalue weighted by atomic mass is 32.1. The summed E-state index contributed by atoms with van der Waals surface area (Å²) in [4.78, 5) is 25.1. The number of hydrogen-bond acceptors (Lipinski definition) is 8. The van der Waals surface area contributed by atoms with Crippen LogP contribution in [0.1, 0.15) is 35.7 Å². The van der Waals surface area contributed by atoms with Crippen LogP contribution in [0.2, 0.25) is 0 Å². The number of nitrogens with one attached hydrogen (secondary N) is 3. The van der Waals surface area contributed by atoms with Crippen LogP contribution < -0.4 is 20.7 Å². The topological polar surface area (TPSA) is 110 Å². The maximum absolute atomic E-state index is 11.9. The van der Waals surface area contributed by atoms with Gasteiger partial charge in [-0.3, -0.25) is 4.79 Å². The van der Waals surface area contributed by atoms with E-state index in [1.807, 2.05) is 31.2 Å². The number of carbonyl (C=O) groups is 1. The third kappa shape index (κ3) is 7.56. The van der Waals surface area contributed by atoms with Crippen molar-refractivity contribution in [1.82, 2.24) is 20.3 Å². The van der Waals surface area contributed by atoms with Crippen LogP contribution in [0, 0.1) is 0 Å². The zero-order valence-corrected chi connectivity index (χ0v) is 21.8. The molecular formula is C25H34N6O3S. The van der Waals surface area contributed by atoms with Crippen LogP contribution in [0.5, 0.6) is 5.75 Å². The summed E-state index contributed by atoms with van der Waals surface area (Å²) in [6, 6.07) is 11.5. The lowest BCUT2D eigenvalue weighted by Gasteiger charge is -2.17. The van der Waals surface area contributed by atoms with Crippen molar-refractivity contribution in [3.8, 4) is 17.0 Å². The molecule has 0 aliphatic rings. The van der Waals surface area contributed by atoms with E-state index in [9.17, 15) is 4.79 Å². The van der Waals surface area contributed by atoms with Gasteiger partial charge in [-0.25, -0.2) is 15.0 Å². The molecule has 9 nitrogen and oxygen atoms in total. The van der Waals surface area contributed by atoms with Crippen LogP contribution in [0.3, 0.4) is 0 Å². The van der Waals surface area contributed by atoms with Crippen molar-refractivity contribution in [2.45, 2.75) is 25.8 Å². The predicted octanol–water partition coefficient (Wildman–Crippen LogP) is 3.68. The molecule has 3 rings (SSSR count). The Balaban J connectivity index is 0.00000432. The van der Waals surface area contributed by atoms with Crippen molar-refractivity contribution in [3.05, 3.63) is 60.0 Å². The maximum atomic E-state index is 11.9. The summed E-state index contributed by atoms with van der Waals surface area (Å²) in [5, 5.41) is 9.29. The average Bonchev–Trinajstić information content (AvgIpc) is 2.87. The SMILES string of the molecule is CNC(=O)c1ccc([C@H](C)CNc2cc(-c3ccc(N[C@@H](C)COC)nc3)ncn2)c(OC)c1.S. The monoisotopic (exact) mass is 498 g/mol. The molecule has 0 radical (unpaired) electrons. The van der Waals surface area contributed by atoms with Crippen LogP contribution in [0.4, 0.5) is 11.6 Å². The van der Waals surface area contributed by atoms with E-state index in [4.69, 9.17) is 9.47 Å². The molecule has 0 saturated heterocycles. The van der Waals surface area contributed by atoms with Gasteiger partial charge in [0.15, 0.2) is 0 Å². The van der Waals surface area contributed by atoms with Crippen LogP contribution in [0.25, 0.3) is 11.3 Å². The molecule has 188 valence electrons. The number of carbonyl (C=O) groups excluding carboxylic acids is 1. The quantitative estimate of drug-likeness (QED) is 0.367. The molecule has 2 atom stereocenters. The zero-order chi connectivity index (χ0) is 24.5. The van der Waals surface area contributed by atoms with E-state index in [0.29, 0.717) is 30.3 Å². The second-order valence-corrected chi connectivity index (χ2v) is 8.04. The van der Waals surface area contributed by atoms with E-state index in [1.165, 1.54) is 6.33 Å². The number of aromatic nitrogens is 3. The fourth-order valence-electron chi connectivity index (χ4n) is 3.56. The van der Waals surface area contributed by atoms with Gasteiger partial charge in [0.2, 0.25) is 0 Å². The summed E-state index contributed by atoms with van der Waals surface area (Å²) in [7, 11) is 4.89. The van der Waals surface area contributed by atoms with Crippen molar-refractivity contribution < 1.29 is 14.3 Å². The molecule has 0 bridgehead atoms. The number of benzene rings is 1. The Kier molecular flexibility index (Phi) is 10.8. The van der Waals surface area contributed by atoms with Gasteiger partial charge in [-0.05, 0) is 36.8 Å². The number of methoxy groups -OCH3 is 2. The minimum Gasteiger partial charge on any atom is -0.496 e. The first kappa shape index (κ1) is 27.9. The summed E-state index contributed by atoms with van der Waals surface area (Å²) < 4.78 is 10.7. The van der Waals surface area contributed by atoms with Gasteiger partial charge in [-0.2, -0.15) is 13.5 Å².